The molecule has 2 rings (SSSR count). The molecule has 108 valence electrons. The number of hydrogen-bond donors (Lipinski definition) is 1. The van der Waals surface area contributed by atoms with Gasteiger partial charge in [-0.3, -0.25) is 0 Å². The van der Waals surface area contributed by atoms with Crippen molar-refractivity contribution in [1.29, 1.82) is 5.26 Å². The van der Waals surface area contributed by atoms with Gasteiger partial charge < -0.3 is 10.0 Å². The van der Waals surface area contributed by atoms with Crippen LogP contribution in [0.25, 0.3) is 0 Å². The SMILES string of the molecule is CN(c1cccc(O)c1)c1nc(C(F)(F)F)ccc1C#N. The van der Waals surface area contributed by atoms with Crippen LogP contribution in [0.3, 0.4) is 0 Å². The van der Waals surface area contributed by atoms with Crippen LogP contribution in [0.15, 0.2) is 36.4 Å². The molecule has 0 unspecified atom stereocenters. The van der Waals surface area contributed by atoms with E-state index in [0.29, 0.717) is 5.69 Å². The van der Waals surface area contributed by atoms with Crippen molar-refractivity contribution in [3.63, 3.8) is 0 Å². The molecular formula is C14H10F3N3O. The molecule has 0 aliphatic heterocycles. The molecule has 0 fully saturated rings. The lowest BCUT2D eigenvalue weighted by molar-refractivity contribution is -0.141. The highest BCUT2D eigenvalue weighted by atomic mass is 19.4. The van der Waals surface area contributed by atoms with Gasteiger partial charge in [-0.25, -0.2) is 4.98 Å². The standard InChI is InChI=1S/C14H10F3N3O/c1-20(10-3-2-4-11(21)7-10)13-9(8-18)5-6-12(19-13)14(15,16)17/h2-7,21H,1H3. The van der Waals surface area contributed by atoms with Crippen molar-refractivity contribution in [2.45, 2.75) is 6.18 Å². The Labute approximate surface area is 118 Å². The number of nitriles is 1. The molecule has 0 saturated carbocycles. The van der Waals surface area contributed by atoms with Gasteiger partial charge >= 0.3 is 6.18 Å². The van der Waals surface area contributed by atoms with E-state index in [0.717, 1.165) is 12.1 Å². The molecule has 0 aliphatic rings. The fourth-order valence-corrected chi connectivity index (χ4v) is 1.77. The Kier molecular flexibility index (Phi) is 3.72. The Balaban J connectivity index is 2.53. The Bertz CT molecular complexity index is 707. The van der Waals surface area contributed by atoms with E-state index in [2.05, 4.69) is 4.98 Å². The third-order valence-electron chi connectivity index (χ3n) is 2.82. The second kappa shape index (κ2) is 5.32. The number of hydrogen-bond acceptors (Lipinski definition) is 4. The van der Waals surface area contributed by atoms with E-state index in [9.17, 15) is 18.3 Å². The number of pyridine rings is 1. The molecule has 2 aromatic rings. The zero-order valence-corrected chi connectivity index (χ0v) is 10.9. The Hall–Kier alpha value is -2.75. The van der Waals surface area contributed by atoms with Gasteiger partial charge in [-0.15, -0.1) is 0 Å². The largest absolute Gasteiger partial charge is 0.508 e. The van der Waals surface area contributed by atoms with Gasteiger partial charge in [0.25, 0.3) is 0 Å². The second-order valence-electron chi connectivity index (χ2n) is 4.26. The first-order valence-corrected chi connectivity index (χ1v) is 5.84. The van der Waals surface area contributed by atoms with E-state index in [4.69, 9.17) is 5.26 Å². The number of aromatic hydroxyl groups is 1. The fourth-order valence-electron chi connectivity index (χ4n) is 1.77. The zero-order chi connectivity index (χ0) is 15.6. The fraction of sp³-hybridized carbons (Fsp3) is 0.143. The molecule has 0 bridgehead atoms. The van der Waals surface area contributed by atoms with Crippen molar-refractivity contribution in [2.75, 3.05) is 11.9 Å². The molecule has 0 saturated heterocycles. The molecule has 1 N–H and O–H groups in total. The molecule has 0 atom stereocenters. The number of nitrogens with zero attached hydrogens (tertiary/aromatic N) is 3. The highest BCUT2D eigenvalue weighted by Gasteiger charge is 2.33. The Morgan fingerprint density at radius 3 is 2.52 bits per heavy atom. The monoisotopic (exact) mass is 293 g/mol. The average molecular weight is 293 g/mol. The second-order valence-corrected chi connectivity index (χ2v) is 4.26. The maximum atomic E-state index is 12.7. The third kappa shape index (κ3) is 3.05. The summed E-state index contributed by atoms with van der Waals surface area (Å²) in [6.45, 7) is 0. The lowest BCUT2D eigenvalue weighted by Gasteiger charge is -2.20. The smallest absolute Gasteiger partial charge is 0.433 e. The van der Waals surface area contributed by atoms with Crippen molar-refractivity contribution in [2.24, 2.45) is 0 Å². The summed E-state index contributed by atoms with van der Waals surface area (Å²) in [5, 5.41) is 18.4. The molecular weight excluding hydrogens is 283 g/mol. The first-order valence-electron chi connectivity index (χ1n) is 5.84. The number of aromatic nitrogens is 1. The van der Waals surface area contributed by atoms with Crippen LogP contribution in [-0.2, 0) is 6.18 Å². The van der Waals surface area contributed by atoms with Crippen molar-refractivity contribution >= 4 is 11.5 Å². The van der Waals surface area contributed by atoms with Gasteiger partial charge in [0.05, 0.1) is 5.56 Å². The molecule has 1 aromatic heterocycles. The van der Waals surface area contributed by atoms with Crippen LogP contribution in [-0.4, -0.2) is 17.1 Å². The minimum Gasteiger partial charge on any atom is -0.508 e. The Morgan fingerprint density at radius 2 is 1.95 bits per heavy atom. The summed E-state index contributed by atoms with van der Waals surface area (Å²) in [5.41, 5.74) is -0.657. The summed E-state index contributed by atoms with van der Waals surface area (Å²) < 4.78 is 38.2. The summed E-state index contributed by atoms with van der Waals surface area (Å²) >= 11 is 0. The topological polar surface area (TPSA) is 60.1 Å². The van der Waals surface area contributed by atoms with Crippen LogP contribution in [0.5, 0.6) is 5.75 Å². The van der Waals surface area contributed by atoms with Crippen molar-refractivity contribution < 1.29 is 18.3 Å². The van der Waals surface area contributed by atoms with Crippen LogP contribution in [0.1, 0.15) is 11.3 Å². The highest BCUT2D eigenvalue weighted by Crippen LogP contribution is 2.32. The van der Waals surface area contributed by atoms with Crippen LogP contribution in [0.2, 0.25) is 0 Å². The van der Waals surface area contributed by atoms with E-state index in [1.54, 1.807) is 18.2 Å². The number of rotatable bonds is 2. The number of phenols is 1. The van der Waals surface area contributed by atoms with Gasteiger partial charge in [0.1, 0.15) is 17.5 Å². The maximum absolute atomic E-state index is 12.7. The van der Waals surface area contributed by atoms with E-state index in [1.807, 2.05) is 0 Å². The maximum Gasteiger partial charge on any atom is 0.433 e. The van der Waals surface area contributed by atoms with Crippen LogP contribution >= 0.6 is 0 Å². The number of phenolic OH excluding ortho intramolecular Hbond substituents is 1. The van der Waals surface area contributed by atoms with Gasteiger partial charge in [0.2, 0.25) is 0 Å². The van der Waals surface area contributed by atoms with Crippen molar-refractivity contribution in [3.8, 4) is 11.8 Å². The van der Waals surface area contributed by atoms with E-state index in [1.165, 1.54) is 24.1 Å². The highest BCUT2D eigenvalue weighted by molar-refractivity contribution is 5.66. The summed E-state index contributed by atoms with van der Waals surface area (Å²) in [6, 6.07) is 9.57. The number of halogens is 3. The van der Waals surface area contributed by atoms with Crippen LogP contribution in [0.4, 0.5) is 24.7 Å². The predicted octanol–water partition coefficient (Wildman–Crippen LogP) is 3.45. The van der Waals surface area contributed by atoms with Crippen molar-refractivity contribution in [3.05, 3.63) is 47.7 Å². The molecule has 0 radical (unpaired) electrons. The predicted molar refractivity (Wildman–Crippen MR) is 70.1 cm³/mol. The quantitative estimate of drug-likeness (QED) is 0.921. The normalized spacial score (nSPS) is 11.0. The summed E-state index contributed by atoms with van der Waals surface area (Å²) in [4.78, 5) is 4.83. The molecule has 0 amide bonds. The number of anilines is 2. The first kappa shape index (κ1) is 14.7. The summed E-state index contributed by atoms with van der Waals surface area (Å²) in [6.07, 6.45) is -4.59. The molecule has 4 nitrogen and oxygen atoms in total. The molecule has 0 aliphatic carbocycles. The lowest BCUT2D eigenvalue weighted by Crippen LogP contribution is -2.16. The van der Waals surface area contributed by atoms with E-state index in [-0.39, 0.29) is 17.1 Å². The van der Waals surface area contributed by atoms with Gasteiger partial charge in [0.15, 0.2) is 5.82 Å². The third-order valence-corrected chi connectivity index (χ3v) is 2.82. The minimum atomic E-state index is -4.59. The average Bonchev–Trinajstić information content (AvgIpc) is 2.44. The van der Waals surface area contributed by atoms with Gasteiger partial charge in [-0.2, -0.15) is 18.4 Å². The molecule has 1 aromatic carbocycles. The summed E-state index contributed by atoms with van der Waals surface area (Å²) in [5.74, 6) is -0.164. The molecule has 7 heteroatoms. The van der Waals surface area contributed by atoms with Crippen molar-refractivity contribution in [1.82, 2.24) is 4.98 Å². The molecule has 0 spiro atoms. The van der Waals surface area contributed by atoms with Gasteiger partial charge in [-0.05, 0) is 24.3 Å². The van der Waals surface area contributed by atoms with Gasteiger partial charge in [-0.1, -0.05) is 6.07 Å². The Morgan fingerprint density at radius 1 is 1.24 bits per heavy atom. The van der Waals surface area contributed by atoms with Crippen LogP contribution in [0, 0.1) is 11.3 Å². The van der Waals surface area contributed by atoms with E-state index < -0.39 is 11.9 Å². The zero-order valence-electron chi connectivity index (χ0n) is 10.9. The van der Waals surface area contributed by atoms with Gasteiger partial charge in [0, 0.05) is 18.8 Å². The summed E-state index contributed by atoms with van der Waals surface area (Å²) in [7, 11) is 1.47. The molecule has 1 heterocycles. The first-order chi connectivity index (χ1) is 9.82. The lowest BCUT2D eigenvalue weighted by atomic mass is 10.2. The minimum absolute atomic E-state index is 0.00819. The number of benzene rings is 1. The van der Waals surface area contributed by atoms with Crippen LogP contribution < -0.4 is 4.90 Å². The van der Waals surface area contributed by atoms with E-state index >= 15 is 0 Å². The number of alkyl halides is 3. The molecule has 21 heavy (non-hydrogen) atoms.